The Morgan fingerprint density at radius 2 is 2.19 bits per heavy atom. The van der Waals surface area contributed by atoms with Gasteiger partial charge in [0.25, 0.3) is 5.91 Å². The van der Waals surface area contributed by atoms with Gasteiger partial charge in [0, 0.05) is 0 Å². The van der Waals surface area contributed by atoms with Gasteiger partial charge >= 0.3 is 0 Å². The molecule has 1 rings (SSSR count). The topological polar surface area (TPSA) is 132 Å². The third-order valence-electron chi connectivity index (χ3n) is 1.87. The van der Waals surface area contributed by atoms with Crippen molar-refractivity contribution in [3.63, 3.8) is 0 Å². The number of nitrogens with one attached hydrogen (secondary N) is 1. The van der Waals surface area contributed by atoms with E-state index < -0.39 is 17.9 Å². The molecule has 0 aliphatic heterocycles. The van der Waals surface area contributed by atoms with Crippen molar-refractivity contribution in [3.8, 4) is 0 Å². The quantitative estimate of drug-likeness (QED) is 0.476. The summed E-state index contributed by atoms with van der Waals surface area (Å²) in [4.78, 5) is 21.9. The maximum atomic E-state index is 11.4. The first-order valence-electron chi connectivity index (χ1n) is 4.59. The van der Waals surface area contributed by atoms with Crippen LogP contribution in [0.25, 0.3) is 0 Å². The van der Waals surface area contributed by atoms with Crippen molar-refractivity contribution >= 4 is 11.8 Å². The fourth-order valence-electron chi connectivity index (χ4n) is 0.987. The highest BCUT2D eigenvalue weighted by molar-refractivity contribution is 5.92. The first kappa shape index (κ1) is 12.2. The fraction of sp³-hybridized carbons (Fsp3) is 0.333. The van der Waals surface area contributed by atoms with Gasteiger partial charge in [0.15, 0.2) is 5.76 Å². The SMILES string of the molecule is NCc1ccc(C(=O)NCC(O)C(N)=O)o1. The molecule has 0 aliphatic rings. The van der Waals surface area contributed by atoms with Crippen LogP contribution in [0.2, 0.25) is 0 Å². The molecule has 2 amide bonds. The summed E-state index contributed by atoms with van der Waals surface area (Å²) in [6, 6.07) is 3.02. The van der Waals surface area contributed by atoms with Gasteiger partial charge in [-0.25, -0.2) is 0 Å². The maximum Gasteiger partial charge on any atom is 0.287 e. The Hall–Kier alpha value is -1.86. The van der Waals surface area contributed by atoms with E-state index in [1.165, 1.54) is 6.07 Å². The van der Waals surface area contributed by atoms with Crippen LogP contribution in [0.3, 0.4) is 0 Å². The van der Waals surface area contributed by atoms with E-state index in [9.17, 15) is 9.59 Å². The predicted octanol–water partition coefficient (Wildman–Crippen LogP) is -1.69. The first-order valence-corrected chi connectivity index (χ1v) is 4.59. The zero-order chi connectivity index (χ0) is 12.1. The van der Waals surface area contributed by atoms with Crippen LogP contribution in [-0.2, 0) is 11.3 Å². The monoisotopic (exact) mass is 227 g/mol. The Morgan fingerprint density at radius 3 is 2.69 bits per heavy atom. The van der Waals surface area contributed by atoms with Crippen LogP contribution in [0, 0.1) is 0 Å². The molecule has 1 aromatic heterocycles. The summed E-state index contributed by atoms with van der Waals surface area (Å²) in [5, 5.41) is 11.3. The number of amides is 2. The van der Waals surface area contributed by atoms with Gasteiger partial charge in [-0.2, -0.15) is 0 Å². The second-order valence-corrected chi connectivity index (χ2v) is 3.10. The lowest BCUT2D eigenvalue weighted by molar-refractivity contribution is -0.125. The Kier molecular flexibility index (Phi) is 4.03. The zero-order valence-electron chi connectivity index (χ0n) is 8.47. The molecule has 7 nitrogen and oxygen atoms in total. The Balaban J connectivity index is 2.49. The molecule has 6 N–H and O–H groups in total. The highest BCUT2D eigenvalue weighted by Gasteiger charge is 2.15. The number of primary amides is 1. The van der Waals surface area contributed by atoms with Crippen LogP contribution in [0.1, 0.15) is 16.3 Å². The summed E-state index contributed by atoms with van der Waals surface area (Å²) in [6.45, 7) is -0.0655. The molecule has 0 bridgehead atoms. The highest BCUT2D eigenvalue weighted by atomic mass is 16.4. The molecular weight excluding hydrogens is 214 g/mol. The summed E-state index contributed by atoms with van der Waals surface area (Å²) in [7, 11) is 0. The standard InChI is InChI=1S/C9H13N3O4/c10-3-5-1-2-7(16-5)9(15)12-4-6(13)8(11)14/h1-2,6,13H,3-4,10H2,(H2,11,14)(H,12,15). The van der Waals surface area contributed by atoms with Gasteiger partial charge < -0.3 is 26.3 Å². The van der Waals surface area contributed by atoms with Crippen LogP contribution in [-0.4, -0.2) is 29.6 Å². The zero-order valence-corrected chi connectivity index (χ0v) is 8.47. The van der Waals surface area contributed by atoms with Crippen molar-refractivity contribution in [3.05, 3.63) is 23.7 Å². The second kappa shape index (κ2) is 5.29. The van der Waals surface area contributed by atoms with Crippen molar-refractivity contribution in [1.82, 2.24) is 5.32 Å². The van der Waals surface area contributed by atoms with Crippen molar-refractivity contribution < 1.29 is 19.1 Å². The van der Waals surface area contributed by atoms with Crippen LogP contribution in [0.5, 0.6) is 0 Å². The molecule has 16 heavy (non-hydrogen) atoms. The molecule has 1 atom stereocenters. The van der Waals surface area contributed by atoms with Gasteiger partial charge in [-0.3, -0.25) is 9.59 Å². The van der Waals surface area contributed by atoms with Crippen molar-refractivity contribution in [1.29, 1.82) is 0 Å². The van der Waals surface area contributed by atoms with E-state index in [0.717, 1.165) is 0 Å². The molecule has 7 heteroatoms. The molecule has 0 fully saturated rings. The number of carbonyl (C=O) groups is 2. The van der Waals surface area contributed by atoms with Gasteiger partial charge in [-0.05, 0) is 12.1 Å². The lowest BCUT2D eigenvalue weighted by Crippen LogP contribution is -2.39. The van der Waals surface area contributed by atoms with Gasteiger partial charge in [-0.1, -0.05) is 0 Å². The molecule has 1 heterocycles. The number of carbonyl (C=O) groups excluding carboxylic acids is 2. The number of hydrogen-bond donors (Lipinski definition) is 4. The summed E-state index contributed by atoms with van der Waals surface area (Å²) in [5.41, 5.74) is 10.1. The third kappa shape index (κ3) is 3.07. The van der Waals surface area contributed by atoms with E-state index in [4.69, 9.17) is 21.0 Å². The van der Waals surface area contributed by atoms with Crippen LogP contribution >= 0.6 is 0 Å². The number of aliphatic hydroxyl groups excluding tert-OH is 1. The highest BCUT2D eigenvalue weighted by Crippen LogP contribution is 2.06. The molecule has 0 saturated heterocycles. The van der Waals surface area contributed by atoms with Crippen molar-refractivity contribution in [2.24, 2.45) is 11.5 Å². The lowest BCUT2D eigenvalue weighted by atomic mass is 10.3. The number of aliphatic hydroxyl groups is 1. The summed E-state index contributed by atoms with van der Waals surface area (Å²) in [6.07, 6.45) is -1.41. The lowest BCUT2D eigenvalue weighted by Gasteiger charge is -2.06. The van der Waals surface area contributed by atoms with E-state index in [2.05, 4.69) is 5.32 Å². The Labute approximate surface area is 91.4 Å². The van der Waals surface area contributed by atoms with Gasteiger partial charge in [0.2, 0.25) is 5.91 Å². The summed E-state index contributed by atoms with van der Waals surface area (Å²) < 4.78 is 5.05. The Morgan fingerprint density at radius 1 is 1.50 bits per heavy atom. The predicted molar refractivity (Wildman–Crippen MR) is 54.1 cm³/mol. The molecule has 88 valence electrons. The molecule has 0 radical (unpaired) electrons. The number of hydrogen-bond acceptors (Lipinski definition) is 5. The first-order chi connectivity index (χ1) is 7.54. The van der Waals surface area contributed by atoms with Gasteiger partial charge in [0.1, 0.15) is 11.9 Å². The fourth-order valence-corrected chi connectivity index (χ4v) is 0.987. The van der Waals surface area contributed by atoms with Crippen molar-refractivity contribution in [2.75, 3.05) is 6.54 Å². The van der Waals surface area contributed by atoms with Crippen LogP contribution in [0.15, 0.2) is 16.5 Å². The summed E-state index contributed by atoms with van der Waals surface area (Å²) >= 11 is 0. The average molecular weight is 227 g/mol. The normalized spacial score (nSPS) is 12.1. The van der Waals surface area contributed by atoms with E-state index in [1.54, 1.807) is 6.07 Å². The van der Waals surface area contributed by atoms with Crippen LogP contribution in [0.4, 0.5) is 0 Å². The summed E-state index contributed by atoms with van der Waals surface area (Å²) in [5.74, 6) is -0.903. The maximum absolute atomic E-state index is 11.4. The molecule has 0 aromatic carbocycles. The molecule has 0 aliphatic carbocycles. The minimum absolute atomic E-state index is 0.0668. The third-order valence-corrected chi connectivity index (χ3v) is 1.87. The largest absolute Gasteiger partial charge is 0.455 e. The van der Waals surface area contributed by atoms with Gasteiger partial charge in [-0.15, -0.1) is 0 Å². The minimum atomic E-state index is -1.41. The Bertz CT molecular complexity index is 388. The van der Waals surface area contributed by atoms with E-state index >= 15 is 0 Å². The average Bonchev–Trinajstić information content (AvgIpc) is 2.73. The molecule has 1 aromatic rings. The second-order valence-electron chi connectivity index (χ2n) is 3.10. The van der Waals surface area contributed by atoms with Crippen LogP contribution < -0.4 is 16.8 Å². The van der Waals surface area contributed by atoms with E-state index in [0.29, 0.717) is 5.76 Å². The van der Waals surface area contributed by atoms with E-state index in [1.807, 2.05) is 0 Å². The van der Waals surface area contributed by atoms with Crippen molar-refractivity contribution in [2.45, 2.75) is 12.6 Å². The number of furan rings is 1. The van der Waals surface area contributed by atoms with Gasteiger partial charge in [0.05, 0.1) is 13.1 Å². The van der Waals surface area contributed by atoms with E-state index in [-0.39, 0.29) is 18.8 Å². The minimum Gasteiger partial charge on any atom is -0.455 e. The molecular formula is C9H13N3O4. The molecule has 0 saturated carbocycles. The number of nitrogens with two attached hydrogens (primary N) is 2. The molecule has 1 unspecified atom stereocenters. The smallest absolute Gasteiger partial charge is 0.287 e. The molecule has 0 spiro atoms. The number of rotatable bonds is 5.